The molecule has 0 N–H and O–H groups in total. The minimum absolute atomic E-state index is 0.0516. The monoisotopic (exact) mass is 160 g/mol. The Hall–Kier alpha value is -0.0800. The van der Waals surface area contributed by atoms with Gasteiger partial charge in [0.1, 0.15) is 0 Å². The van der Waals surface area contributed by atoms with Gasteiger partial charge in [-0.1, -0.05) is 13.8 Å². The summed E-state index contributed by atoms with van der Waals surface area (Å²) in [6.07, 6.45) is 3.11. The second-order valence-electron chi connectivity index (χ2n) is 2.84. The molecule has 0 aliphatic heterocycles. The second kappa shape index (κ2) is 5.56. The molecule has 0 bridgehead atoms. The molecule has 0 amide bonds. The van der Waals surface area contributed by atoms with Crippen molar-refractivity contribution in [2.24, 2.45) is 0 Å². The molecule has 0 aromatic heterocycles. The van der Waals surface area contributed by atoms with Gasteiger partial charge in [-0.15, -0.1) is 0 Å². The Balaban J connectivity index is 3.84. The van der Waals surface area contributed by atoms with Crippen molar-refractivity contribution in [2.75, 3.05) is 20.8 Å². The lowest BCUT2D eigenvalue weighted by atomic mass is 9.93. The highest BCUT2D eigenvalue weighted by Gasteiger charge is 2.24. The van der Waals surface area contributed by atoms with Crippen molar-refractivity contribution in [1.82, 2.24) is 0 Å². The summed E-state index contributed by atoms with van der Waals surface area (Å²) < 4.78 is 10.5. The van der Waals surface area contributed by atoms with E-state index in [1.165, 1.54) is 0 Å². The van der Waals surface area contributed by atoms with Gasteiger partial charge in [-0.3, -0.25) is 0 Å². The lowest BCUT2D eigenvalue weighted by Crippen LogP contribution is -2.31. The summed E-state index contributed by atoms with van der Waals surface area (Å²) in [4.78, 5) is 0. The van der Waals surface area contributed by atoms with Crippen LogP contribution in [0, 0.1) is 0 Å². The van der Waals surface area contributed by atoms with Crippen molar-refractivity contribution in [3.63, 3.8) is 0 Å². The predicted octanol–water partition coefficient (Wildman–Crippen LogP) is 2.23. The molecule has 0 rings (SSSR count). The van der Waals surface area contributed by atoms with Crippen LogP contribution in [0.4, 0.5) is 0 Å². The van der Waals surface area contributed by atoms with Gasteiger partial charge >= 0.3 is 0 Å². The molecule has 2 nitrogen and oxygen atoms in total. The maximum Gasteiger partial charge on any atom is 0.0695 e. The highest BCUT2D eigenvalue weighted by atomic mass is 16.5. The standard InChI is InChI=1S/C9H20O2/c1-5-9(6-2,11-4)7-8-10-3/h5-8H2,1-4H3. The van der Waals surface area contributed by atoms with Crippen LogP contribution in [-0.4, -0.2) is 26.4 Å². The molecule has 68 valence electrons. The highest BCUT2D eigenvalue weighted by Crippen LogP contribution is 2.23. The Kier molecular flexibility index (Phi) is 5.51. The van der Waals surface area contributed by atoms with Crippen molar-refractivity contribution in [2.45, 2.75) is 38.7 Å². The van der Waals surface area contributed by atoms with Gasteiger partial charge in [0.05, 0.1) is 5.60 Å². The van der Waals surface area contributed by atoms with Gasteiger partial charge < -0.3 is 9.47 Å². The summed E-state index contributed by atoms with van der Waals surface area (Å²) in [5.74, 6) is 0. The third-order valence-electron chi connectivity index (χ3n) is 2.48. The second-order valence-corrected chi connectivity index (χ2v) is 2.84. The van der Waals surface area contributed by atoms with Gasteiger partial charge in [-0.25, -0.2) is 0 Å². The molecule has 0 saturated carbocycles. The van der Waals surface area contributed by atoms with Crippen LogP contribution in [0.25, 0.3) is 0 Å². The predicted molar refractivity (Wildman–Crippen MR) is 46.8 cm³/mol. The molecule has 0 aliphatic carbocycles. The summed E-state index contributed by atoms with van der Waals surface area (Å²) >= 11 is 0. The molecule has 0 aromatic rings. The Bertz CT molecular complexity index is 79.3. The first kappa shape index (κ1) is 10.9. The molecular formula is C9H20O2. The van der Waals surface area contributed by atoms with Crippen LogP contribution in [0.1, 0.15) is 33.1 Å². The molecule has 0 saturated heterocycles. The maximum atomic E-state index is 5.46. The van der Waals surface area contributed by atoms with Gasteiger partial charge in [0.25, 0.3) is 0 Å². The Morgan fingerprint density at radius 2 is 1.64 bits per heavy atom. The van der Waals surface area contributed by atoms with Gasteiger partial charge in [0, 0.05) is 20.8 Å². The van der Waals surface area contributed by atoms with Crippen molar-refractivity contribution in [3.8, 4) is 0 Å². The first-order valence-corrected chi connectivity index (χ1v) is 4.28. The van der Waals surface area contributed by atoms with E-state index in [1.807, 2.05) is 0 Å². The van der Waals surface area contributed by atoms with E-state index in [0.717, 1.165) is 25.9 Å². The third kappa shape index (κ3) is 3.21. The third-order valence-corrected chi connectivity index (χ3v) is 2.48. The van der Waals surface area contributed by atoms with E-state index in [1.54, 1.807) is 14.2 Å². The Morgan fingerprint density at radius 3 is 1.91 bits per heavy atom. The van der Waals surface area contributed by atoms with Crippen molar-refractivity contribution in [3.05, 3.63) is 0 Å². The summed E-state index contributed by atoms with van der Waals surface area (Å²) in [7, 11) is 3.51. The normalized spacial score (nSPS) is 12.0. The van der Waals surface area contributed by atoms with E-state index in [0.29, 0.717) is 0 Å². The molecule has 2 heteroatoms. The van der Waals surface area contributed by atoms with Crippen LogP contribution in [0.15, 0.2) is 0 Å². The van der Waals surface area contributed by atoms with E-state index >= 15 is 0 Å². The van der Waals surface area contributed by atoms with Gasteiger partial charge in [0.2, 0.25) is 0 Å². The van der Waals surface area contributed by atoms with Crippen LogP contribution >= 0.6 is 0 Å². The van der Waals surface area contributed by atoms with E-state index in [-0.39, 0.29) is 5.60 Å². The number of hydrogen-bond donors (Lipinski definition) is 0. The molecule has 0 fully saturated rings. The number of ether oxygens (including phenoxy) is 2. The minimum Gasteiger partial charge on any atom is -0.385 e. The van der Waals surface area contributed by atoms with Gasteiger partial charge in [0.15, 0.2) is 0 Å². The fourth-order valence-electron chi connectivity index (χ4n) is 1.28. The minimum atomic E-state index is 0.0516. The Labute approximate surface area is 69.9 Å². The average molecular weight is 160 g/mol. The van der Waals surface area contributed by atoms with Crippen LogP contribution in [0.5, 0.6) is 0 Å². The lowest BCUT2D eigenvalue weighted by Gasteiger charge is -2.29. The summed E-state index contributed by atoms with van der Waals surface area (Å²) in [6, 6.07) is 0. The molecule has 0 atom stereocenters. The molecule has 0 aromatic carbocycles. The van der Waals surface area contributed by atoms with E-state index in [9.17, 15) is 0 Å². The molecule has 0 unspecified atom stereocenters. The summed E-state index contributed by atoms with van der Waals surface area (Å²) in [6.45, 7) is 5.10. The fourth-order valence-corrected chi connectivity index (χ4v) is 1.28. The fraction of sp³-hybridized carbons (Fsp3) is 1.00. The number of hydrogen-bond acceptors (Lipinski definition) is 2. The quantitative estimate of drug-likeness (QED) is 0.593. The summed E-state index contributed by atoms with van der Waals surface area (Å²) in [5, 5.41) is 0. The van der Waals surface area contributed by atoms with E-state index < -0.39 is 0 Å². The van der Waals surface area contributed by atoms with Crippen LogP contribution in [-0.2, 0) is 9.47 Å². The van der Waals surface area contributed by atoms with Crippen molar-refractivity contribution < 1.29 is 9.47 Å². The highest BCUT2D eigenvalue weighted by molar-refractivity contribution is 4.76. The topological polar surface area (TPSA) is 18.5 Å². The molecule has 0 heterocycles. The molecular weight excluding hydrogens is 140 g/mol. The molecule has 0 radical (unpaired) electrons. The zero-order valence-corrected chi connectivity index (χ0v) is 8.14. The number of rotatable bonds is 6. The van der Waals surface area contributed by atoms with Crippen LogP contribution in [0.2, 0.25) is 0 Å². The van der Waals surface area contributed by atoms with Gasteiger partial charge in [-0.2, -0.15) is 0 Å². The first-order chi connectivity index (χ1) is 5.24. The van der Waals surface area contributed by atoms with Gasteiger partial charge in [-0.05, 0) is 19.3 Å². The Morgan fingerprint density at radius 1 is 1.09 bits per heavy atom. The smallest absolute Gasteiger partial charge is 0.0695 e. The van der Waals surface area contributed by atoms with Crippen molar-refractivity contribution >= 4 is 0 Å². The molecule has 11 heavy (non-hydrogen) atoms. The largest absolute Gasteiger partial charge is 0.385 e. The molecule has 0 aliphatic rings. The van der Waals surface area contributed by atoms with E-state index in [4.69, 9.17) is 9.47 Å². The summed E-state index contributed by atoms with van der Waals surface area (Å²) in [5.41, 5.74) is 0.0516. The van der Waals surface area contributed by atoms with Crippen LogP contribution < -0.4 is 0 Å². The SMILES string of the molecule is CCC(CC)(CCOC)OC. The first-order valence-electron chi connectivity index (χ1n) is 4.28. The lowest BCUT2D eigenvalue weighted by molar-refractivity contribution is -0.0382. The zero-order chi connectivity index (χ0) is 8.74. The average Bonchev–Trinajstić information content (AvgIpc) is 2.08. The van der Waals surface area contributed by atoms with Crippen LogP contribution in [0.3, 0.4) is 0 Å². The maximum absolute atomic E-state index is 5.46. The number of methoxy groups -OCH3 is 2. The molecule has 0 spiro atoms. The van der Waals surface area contributed by atoms with E-state index in [2.05, 4.69) is 13.8 Å². The van der Waals surface area contributed by atoms with Crippen molar-refractivity contribution in [1.29, 1.82) is 0 Å². The zero-order valence-electron chi connectivity index (χ0n) is 8.14.